The Morgan fingerprint density at radius 1 is 1.31 bits per heavy atom. The molecule has 0 aromatic carbocycles. The quantitative estimate of drug-likeness (QED) is 0.527. The van der Waals surface area contributed by atoms with Gasteiger partial charge in [-0.25, -0.2) is 9.37 Å². The number of aromatic nitrogens is 4. The van der Waals surface area contributed by atoms with Gasteiger partial charge in [-0.3, -0.25) is 4.21 Å². The Hall–Kier alpha value is -2.92. The zero-order valence-corrected chi connectivity index (χ0v) is 20.5. The number of nitrogens with one attached hydrogen (secondary N) is 1. The fourth-order valence-corrected chi connectivity index (χ4v) is 5.71. The van der Waals surface area contributed by atoms with Gasteiger partial charge >= 0.3 is 0 Å². The first-order chi connectivity index (χ1) is 16.9. The lowest BCUT2D eigenvalue weighted by atomic mass is 9.97. The van der Waals surface area contributed by atoms with E-state index in [0.717, 1.165) is 31.4 Å². The molecule has 11 heteroatoms. The van der Waals surface area contributed by atoms with Gasteiger partial charge < -0.3 is 19.7 Å². The van der Waals surface area contributed by atoms with Gasteiger partial charge in [-0.05, 0) is 44.8 Å². The minimum Gasteiger partial charge on any atom is -0.420 e. The number of hydrogen-bond acceptors (Lipinski definition) is 9. The molecule has 35 heavy (non-hydrogen) atoms. The van der Waals surface area contributed by atoms with Crippen LogP contribution in [0.2, 0.25) is 0 Å². The Bertz CT molecular complexity index is 1210. The van der Waals surface area contributed by atoms with Crippen molar-refractivity contribution in [2.75, 3.05) is 35.7 Å². The first-order valence-electron chi connectivity index (χ1n) is 11.8. The van der Waals surface area contributed by atoms with E-state index in [1.165, 1.54) is 13.0 Å². The van der Waals surface area contributed by atoms with Crippen molar-refractivity contribution in [1.29, 1.82) is 0 Å². The van der Waals surface area contributed by atoms with Crippen molar-refractivity contribution < 1.29 is 18.1 Å². The predicted octanol–water partition coefficient (Wildman–Crippen LogP) is 3.29. The van der Waals surface area contributed by atoms with Crippen molar-refractivity contribution >= 4 is 28.1 Å². The molecule has 9 nitrogen and oxygen atoms in total. The van der Waals surface area contributed by atoms with E-state index >= 15 is 0 Å². The highest BCUT2D eigenvalue weighted by atomic mass is 32.2. The number of allylic oxidation sites excluding steroid dienone is 5. The number of rotatable bonds is 8. The third kappa shape index (κ3) is 4.92. The number of hydrogen-bond donors (Lipinski definition) is 2. The smallest absolute Gasteiger partial charge is 0.247 e. The van der Waals surface area contributed by atoms with Crippen LogP contribution in [-0.2, 0) is 17.2 Å². The summed E-state index contributed by atoms with van der Waals surface area (Å²) < 4.78 is 31.5. The third-order valence-corrected chi connectivity index (χ3v) is 8.20. The van der Waals surface area contributed by atoms with Crippen LogP contribution in [0.4, 0.5) is 16.2 Å². The van der Waals surface area contributed by atoms with Crippen LogP contribution in [0.5, 0.6) is 0 Å². The second-order valence-corrected chi connectivity index (χ2v) is 10.8. The topological polar surface area (TPSA) is 117 Å². The number of aliphatic hydroxyl groups is 1. The van der Waals surface area contributed by atoms with Crippen molar-refractivity contribution in [3.63, 3.8) is 0 Å². The highest BCUT2D eigenvalue weighted by Gasteiger charge is 2.44. The van der Waals surface area contributed by atoms with Gasteiger partial charge in [0.1, 0.15) is 10.7 Å². The molecule has 186 valence electrons. The summed E-state index contributed by atoms with van der Waals surface area (Å²) in [5.41, 5.74) is 1.04. The van der Waals surface area contributed by atoms with E-state index in [9.17, 15) is 13.7 Å². The highest BCUT2D eigenvalue weighted by molar-refractivity contribution is 7.85. The summed E-state index contributed by atoms with van der Waals surface area (Å²) in [6, 6.07) is 0. The monoisotopic (exact) mass is 500 g/mol. The van der Waals surface area contributed by atoms with Crippen LogP contribution in [0.25, 0.3) is 5.57 Å². The van der Waals surface area contributed by atoms with Crippen molar-refractivity contribution in [2.45, 2.75) is 55.4 Å². The lowest BCUT2D eigenvalue weighted by Gasteiger charge is -2.31. The summed E-state index contributed by atoms with van der Waals surface area (Å²) in [5.74, 6) is 2.42. The van der Waals surface area contributed by atoms with Crippen LogP contribution in [0.1, 0.15) is 56.0 Å². The molecule has 1 aliphatic carbocycles. The molecule has 4 heterocycles. The van der Waals surface area contributed by atoms with Crippen LogP contribution in [-0.4, -0.2) is 60.5 Å². The maximum absolute atomic E-state index is 13.1. The van der Waals surface area contributed by atoms with Crippen LogP contribution in [0, 0.1) is 0 Å². The molecule has 2 N–H and O–H groups in total. The number of anilines is 2. The Kier molecular flexibility index (Phi) is 6.54. The van der Waals surface area contributed by atoms with E-state index in [-0.39, 0.29) is 23.9 Å². The molecule has 5 rings (SSSR count). The summed E-state index contributed by atoms with van der Waals surface area (Å²) >= 11 is 0. The molecule has 1 saturated carbocycles. The number of fused-ring (bicyclic) bond motifs is 1. The summed E-state index contributed by atoms with van der Waals surface area (Å²) in [6.07, 6.45) is 8.43. The average Bonchev–Trinajstić information content (AvgIpc) is 3.28. The van der Waals surface area contributed by atoms with Crippen LogP contribution in [0.15, 0.2) is 39.9 Å². The summed E-state index contributed by atoms with van der Waals surface area (Å²) in [4.78, 5) is 12.3. The number of nitrogens with zero attached hydrogens (tertiary/aromatic N) is 5. The minimum absolute atomic E-state index is 0.0255. The van der Waals surface area contributed by atoms with Crippen LogP contribution < -0.4 is 10.2 Å². The molecule has 1 saturated heterocycles. The zero-order chi connectivity index (χ0) is 24.6. The van der Waals surface area contributed by atoms with Gasteiger partial charge in [0.25, 0.3) is 0 Å². The Balaban J connectivity index is 1.30. The molecule has 1 atom stereocenters. The molecule has 0 amide bonds. The van der Waals surface area contributed by atoms with E-state index in [0.29, 0.717) is 59.3 Å². The lowest BCUT2D eigenvalue weighted by molar-refractivity contribution is 0.265. The number of aryl methyl sites for hydroxylation is 1. The van der Waals surface area contributed by atoms with Gasteiger partial charge in [-0.2, -0.15) is 4.98 Å². The third-order valence-electron chi connectivity index (χ3n) is 6.74. The molecule has 0 bridgehead atoms. The second kappa shape index (κ2) is 9.62. The van der Waals surface area contributed by atoms with Crippen molar-refractivity contribution in [3.8, 4) is 0 Å². The molecule has 2 aromatic rings. The average molecular weight is 501 g/mol. The van der Waals surface area contributed by atoms with E-state index in [1.807, 2.05) is 0 Å². The first-order valence-corrected chi connectivity index (χ1v) is 13.2. The Morgan fingerprint density at radius 2 is 2.09 bits per heavy atom. The molecule has 3 aliphatic rings. The molecule has 1 unspecified atom stereocenters. The summed E-state index contributed by atoms with van der Waals surface area (Å²) in [7, 11) is -1.12. The van der Waals surface area contributed by atoms with E-state index in [1.54, 1.807) is 12.2 Å². The molecule has 2 aromatic heterocycles. The fraction of sp³-hybridized carbons (Fsp3) is 0.500. The van der Waals surface area contributed by atoms with Crippen molar-refractivity contribution in [3.05, 3.63) is 48.1 Å². The first kappa shape index (κ1) is 23.8. The minimum atomic E-state index is -1.12. The summed E-state index contributed by atoms with van der Waals surface area (Å²) in [5, 5.41) is 21.5. The van der Waals surface area contributed by atoms with Gasteiger partial charge in [-0.15, -0.1) is 10.2 Å². The van der Waals surface area contributed by atoms with Gasteiger partial charge in [0.2, 0.25) is 17.7 Å². The molecule has 0 radical (unpaired) electrons. The lowest BCUT2D eigenvalue weighted by Crippen LogP contribution is -2.35. The van der Waals surface area contributed by atoms with Crippen LogP contribution >= 0.6 is 0 Å². The number of piperidine rings is 1. The maximum atomic E-state index is 13.1. The SMILES string of the molecule is C=C/C(=C\C=C(/C)F)c1nnc(C2CCN(c3nc4c(c(NC5(CO)CC5)n3)S(=O)CC4)CC2)o1. The van der Waals surface area contributed by atoms with E-state index in [2.05, 4.69) is 27.0 Å². The van der Waals surface area contributed by atoms with E-state index < -0.39 is 10.8 Å². The number of halogens is 1. The highest BCUT2D eigenvalue weighted by Crippen LogP contribution is 2.41. The molecular formula is C24H29FN6O3S. The predicted molar refractivity (Wildman–Crippen MR) is 131 cm³/mol. The molecular weight excluding hydrogens is 471 g/mol. The standard InChI is InChI=1S/C24H29FN6O3S/c1-3-16(5-4-15(2)25)21-29-30-22(34-21)17-6-11-31(12-7-17)23-26-18-8-13-35(33)19(18)20(27-23)28-24(14-32)9-10-24/h3-5,17,32H,1,6-14H2,2H3,(H,26,27,28)/b15-4+,16-5+. The Labute approximate surface area is 205 Å². The van der Waals surface area contributed by atoms with Gasteiger partial charge in [0.05, 0.1) is 34.5 Å². The van der Waals surface area contributed by atoms with Gasteiger partial charge in [-0.1, -0.05) is 12.7 Å². The molecule has 2 aliphatic heterocycles. The van der Waals surface area contributed by atoms with Gasteiger partial charge in [0.15, 0.2) is 0 Å². The molecule has 2 fully saturated rings. The fourth-order valence-electron chi connectivity index (χ4n) is 4.41. The maximum Gasteiger partial charge on any atom is 0.247 e. The summed E-state index contributed by atoms with van der Waals surface area (Å²) in [6.45, 7) is 6.55. The van der Waals surface area contributed by atoms with Crippen molar-refractivity contribution in [1.82, 2.24) is 20.2 Å². The Morgan fingerprint density at radius 3 is 2.74 bits per heavy atom. The zero-order valence-electron chi connectivity index (χ0n) is 19.7. The largest absolute Gasteiger partial charge is 0.420 e. The normalized spacial score (nSPS) is 22.3. The van der Waals surface area contributed by atoms with E-state index in [4.69, 9.17) is 14.4 Å². The van der Waals surface area contributed by atoms with Crippen molar-refractivity contribution in [2.24, 2.45) is 0 Å². The number of aliphatic hydroxyl groups excluding tert-OH is 1. The van der Waals surface area contributed by atoms with Crippen LogP contribution in [0.3, 0.4) is 0 Å². The van der Waals surface area contributed by atoms with Gasteiger partial charge in [0, 0.05) is 36.8 Å². The second-order valence-electron chi connectivity index (χ2n) is 9.30. The molecule has 0 spiro atoms.